The van der Waals surface area contributed by atoms with Gasteiger partial charge in [0.2, 0.25) is 5.78 Å². The average Bonchev–Trinajstić information content (AvgIpc) is 2.98. The van der Waals surface area contributed by atoms with Crippen LogP contribution >= 0.6 is 0 Å². The second-order valence-electron chi connectivity index (χ2n) is 3.92. The summed E-state index contributed by atoms with van der Waals surface area (Å²) < 4.78 is 1.61. The number of hydrogen-bond acceptors (Lipinski definition) is 4. The molecule has 0 aliphatic heterocycles. The Morgan fingerprint density at radius 3 is 2.53 bits per heavy atom. The molecule has 0 unspecified atom stereocenters. The molecule has 0 N–H and O–H groups in total. The van der Waals surface area contributed by atoms with Gasteiger partial charge in [-0.2, -0.15) is 15.3 Å². The zero-order valence-electron chi connectivity index (χ0n) is 9.97. The molecule has 5 heteroatoms. The van der Waals surface area contributed by atoms with Gasteiger partial charge in [0.15, 0.2) is 0 Å². The second-order valence-corrected chi connectivity index (χ2v) is 3.92. The molecule has 0 spiro atoms. The standard InChI is InChI=1S/C14H10N4O/c19-14(11-6-8-15-16-10-11)13-7-9-17-18(13)12-4-2-1-3-5-12/h1-10H. The quantitative estimate of drug-likeness (QED) is 0.666. The van der Waals surface area contributed by atoms with Gasteiger partial charge in [-0.15, -0.1) is 0 Å². The molecule has 1 aromatic carbocycles. The lowest BCUT2D eigenvalue weighted by Crippen LogP contribution is -2.10. The smallest absolute Gasteiger partial charge is 0.213 e. The van der Waals surface area contributed by atoms with Crippen LogP contribution in [0.3, 0.4) is 0 Å². The van der Waals surface area contributed by atoms with E-state index in [2.05, 4.69) is 15.3 Å². The molecular formula is C14H10N4O. The third-order valence-corrected chi connectivity index (χ3v) is 2.72. The molecule has 0 saturated carbocycles. The van der Waals surface area contributed by atoms with Gasteiger partial charge in [-0.25, -0.2) is 4.68 Å². The van der Waals surface area contributed by atoms with Crippen molar-refractivity contribution in [1.29, 1.82) is 0 Å². The van der Waals surface area contributed by atoms with Crippen LogP contribution in [0.4, 0.5) is 0 Å². The first-order chi connectivity index (χ1) is 9.36. The highest BCUT2D eigenvalue weighted by Crippen LogP contribution is 2.13. The maximum Gasteiger partial charge on any atom is 0.213 e. The Morgan fingerprint density at radius 2 is 1.79 bits per heavy atom. The molecule has 0 saturated heterocycles. The van der Waals surface area contributed by atoms with Crippen molar-refractivity contribution in [2.45, 2.75) is 0 Å². The maximum absolute atomic E-state index is 12.4. The molecule has 92 valence electrons. The van der Waals surface area contributed by atoms with Crippen LogP contribution in [0.15, 0.2) is 61.1 Å². The van der Waals surface area contributed by atoms with Crippen LogP contribution in [0.1, 0.15) is 16.1 Å². The summed E-state index contributed by atoms with van der Waals surface area (Å²) in [6.45, 7) is 0. The van der Waals surface area contributed by atoms with E-state index in [-0.39, 0.29) is 5.78 Å². The van der Waals surface area contributed by atoms with Crippen molar-refractivity contribution < 1.29 is 4.79 Å². The number of aromatic nitrogens is 4. The van der Waals surface area contributed by atoms with Gasteiger partial charge in [0, 0.05) is 5.56 Å². The van der Waals surface area contributed by atoms with Crippen LogP contribution < -0.4 is 0 Å². The summed E-state index contributed by atoms with van der Waals surface area (Å²) in [7, 11) is 0. The first-order valence-corrected chi connectivity index (χ1v) is 5.77. The Bertz CT molecular complexity index is 692. The first kappa shape index (κ1) is 11.3. The molecule has 2 aromatic heterocycles. The Hall–Kier alpha value is -2.82. The molecule has 2 heterocycles. The fourth-order valence-corrected chi connectivity index (χ4v) is 1.82. The van der Waals surface area contributed by atoms with E-state index in [9.17, 15) is 4.79 Å². The number of carbonyl (C=O) groups excluding carboxylic acids is 1. The van der Waals surface area contributed by atoms with Crippen LogP contribution in [0.2, 0.25) is 0 Å². The number of rotatable bonds is 3. The number of hydrogen-bond donors (Lipinski definition) is 0. The van der Waals surface area contributed by atoms with Crippen molar-refractivity contribution in [2.75, 3.05) is 0 Å². The molecule has 0 radical (unpaired) electrons. The van der Waals surface area contributed by atoms with Crippen LogP contribution in [0.5, 0.6) is 0 Å². The van der Waals surface area contributed by atoms with E-state index >= 15 is 0 Å². The average molecular weight is 250 g/mol. The van der Waals surface area contributed by atoms with Gasteiger partial charge in [-0.05, 0) is 24.3 Å². The summed E-state index contributed by atoms with van der Waals surface area (Å²) in [5, 5.41) is 11.6. The van der Waals surface area contributed by atoms with Crippen molar-refractivity contribution in [3.63, 3.8) is 0 Å². The highest BCUT2D eigenvalue weighted by molar-refractivity contribution is 6.07. The van der Waals surface area contributed by atoms with E-state index in [4.69, 9.17) is 0 Å². The minimum absolute atomic E-state index is 0.128. The fraction of sp³-hybridized carbons (Fsp3) is 0. The molecule has 0 fully saturated rings. The summed E-state index contributed by atoms with van der Waals surface area (Å²) in [5.74, 6) is -0.128. The number of ketones is 1. The molecule has 0 amide bonds. The van der Waals surface area contributed by atoms with Crippen molar-refractivity contribution in [2.24, 2.45) is 0 Å². The van der Waals surface area contributed by atoms with E-state index in [1.165, 1.54) is 12.4 Å². The van der Waals surface area contributed by atoms with Gasteiger partial charge >= 0.3 is 0 Å². The van der Waals surface area contributed by atoms with E-state index < -0.39 is 0 Å². The van der Waals surface area contributed by atoms with E-state index in [1.807, 2.05) is 30.3 Å². The summed E-state index contributed by atoms with van der Waals surface area (Å²) in [6.07, 6.45) is 4.55. The summed E-state index contributed by atoms with van der Waals surface area (Å²) in [4.78, 5) is 12.4. The first-order valence-electron chi connectivity index (χ1n) is 5.77. The predicted molar refractivity (Wildman–Crippen MR) is 69.0 cm³/mol. The normalized spacial score (nSPS) is 10.3. The minimum atomic E-state index is -0.128. The molecule has 19 heavy (non-hydrogen) atoms. The molecule has 3 aromatic rings. The molecule has 0 aliphatic carbocycles. The third kappa shape index (κ3) is 2.13. The highest BCUT2D eigenvalue weighted by atomic mass is 16.1. The van der Waals surface area contributed by atoms with Gasteiger partial charge < -0.3 is 0 Å². The third-order valence-electron chi connectivity index (χ3n) is 2.72. The Balaban J connectivity index is 2.04. The molecule has 0 atom stereocenters. The fourth-order valence-electron chi connectivity index (χ4n) is 1.82. The van der Waals surface area contributed by atoms with Gasteiger partial charge in [0.05, 0.1) is 24.3 Å². The molecule has 0 bridgehead atoms. The van der Waals surface area contributed by atoms with E-state index in [0.29, 0.717) is 11.3 Å². The van der Waals surface area contributed by atoms with Gasteiger partial charge in [-0.1, -0.05) is 18.2 Å². The lowest BCUT2D eigenvalue weighted by Gasteiger charge is -2.06. The zero-order valence-corrected chi connectivity index (χ0v) is 9.97. The summed E-state index contributed by atoms with van der Waals surface area (Å²) in [6, 6.07) is 12.8. The maximum atomic E-state index is 12.4. The number of para-hydroxylation sites is 1. The topological polar surface area (TPSA) is 60.7 Å². The summed E-state index contributed by atoms with van der Waals surface area (Å²) in [5.41, 5.74) is 1.84. The number of carbonyl (C=O) groups is 1. The van der Waals surface area contributed by atoms with E-state index in [0.717, 1.165) is 5.69 Å². The Labute approximate surface area is 109 Å². The predicted octanol–water partition coefficient (Wildman–Crippen LogP) is 1.89. The van der Waals surface area contributed by atoms with Gasteiger partial charge in [0.25, 0.3) is 0 Å². The lowest BCUT2D eigenvalue weighted by molar-refractivity contribution is 0.103. The molecule has 5 nitrogen and oxygen atoms in total. The number of benzene rings is 1. The molecule has 0 aliphatic rings. The monoisotopic (exact) mass is 250 g/mol. The second kappa shape index (κ2) is 4.81. The lowest BCUT2D eigenvalue weighted by atomic mass is 10.1. The van der Waals surface area contributed by atoms with Crippen molar-refractivity contribution >= 4 is 5.78 Å². The molecular weight excluding hydrogens is 240 g/mol. The van der Waals surface area contributed by atoms with Crippen LogP contribution in [-0.4, -0.2) is 25.8 Å². The van der Waals surface area contributed by atoms with Crippen molar-refractivity contribution in [1.82, 2.24) is 20.0 Å². The minimum Gasteiger partial charge on any atom is -0.287 e. The van der Waals surface area contributed by atoms with Crippen LogP contribution in [0, 0.1) is 0 Å². The van der Waals surface area contributed by atoms with Gasteiger partial charge in [0.1, 0.15) is 5.69 Å². The van der Waals surface area contributed by atoms with Crippen LogP contribution in [0.25, 0.3) is 5.69 Å². The zero-order chi connectivity index (χ0) is 13.1. The summed E-state index contributed by atoms with van der Waals surface area (Å²) >= 11 is 0. The number of nitrogens with zero attached hydrogens (tertiary/aromatic N) is 4. The SMILES string of the molecule is O=C(c1ccnnc1)c1ccnn1-c1ccccc1. The Kier molecular flexibility index (Phi) is 2.86. The Morgan fingerprint density at radius 1 is 0.947 bits per heavy atom. The largest absolute Gasteiger partial charge is 0.287 e. The van der Waals surface area contributed by atoms with Crippen LogP contribution in [-0.2, 0) is 0 Å². The van der Waals surface area contributed by atoms with Crippen molar-refractivity contribution in [3.8, 4) is 5.69 Å². The van der Waals surface area contributed by atoms with Gasteiger partial charge in [-0.3, -0.25) is 4.79 Å². The highest BCUT2D eigenvalue weighted by Gasteiger charge is 2.15. The molecule has 3 rings (SSSR count). The van der Waals surface area contributed by atoms with E-state index in [1.54, 1.807) is 23.0 Å². The van der Waals surface area contributed by atoms with Crippen molar-refractivity contribution in [3.05, 3.63) is 72.3 Å².